The monoisotopic (exact) mass is 258 g/mol. The highest BCUT2D eigenvalue weighted by Gasteiger charge is 2.01. The van der Waals surface area contributed by atoms with Crippen LogP contribution >= 0.6 is 23.4 Å². The van der Waals surface area contributed by atoms with Gasteiger partial charge in [-0.3, -0.25) is 4.79 Å². The summed E-state index contributed by atoms with van der Waals surface area (Å²) in [6, 6.07) is 7.72. The standard InChI is InChI=1S/C12H15ClO2S/c1-2-15-12(14)7-4-8-16-11-6-3-5-10(13)9-11/h3,5-6,9H,2,4,7-8H2,1H3. The van der Waals surface area contributed by atoms with Gasteiger partial charge in [0, 0.05) is 16.3 Å². The van der Waals surface area contributed by atoms with E-state index in [-0.39, 0.29) is 5.97 Å². The molecule has 0 aromatic heterocycles. The second kappa shape index (κ2) is 7.58. The zero-order chi connectivity index (χ0) is 11.8. The summed E-state index contributed by atoms with van der Waals surface area (Å²) in [5.41, 5.74) is 0. The molecule has 0 N–H and O–H groups in total. The van der Waals surface area contributed by atoms with Crippen LogP contribution in [0.3, 0.4) is 0 Å². The van der Waals surface area contributed by atoms with Gasteiger partial charge in [-0.2, -0.15) is 0 Å². The van der Waals surface area contributed by atoms with Crippen molar-refractivity contribution in [2.75, 3.05) is 12.4 Å². The molecule has 0 heterocycles. The Hall–Kier alpha value is -0.670. The smallest absolute Gasteiger partial charge is 0.305 e. The Bertz CT molecular complexity index is 342. The largest absolute Gasteiger partial charge is 0.466 e. The predicted octanol–water partition coefficient (Wildman–Crippen LogP) is 3.78. The molecule has 88 valence electrons. The maximum absolute atomic E-state index is 11.1. The van der Waals surface area contributed by atoms with E-state index < -0.39 is 0 Å². The van der Waals surface area contributed by atoms with Gasteiger partial charge < -0.3 is 4.74 Å². The number of thioether (sulfide) groups is 1. The van der Waals surface area contributed by atoms with Gasteiger partial charge in [0.25, 0.3) is 0 Å². The molecule has 1 rings (SSSR count). The van der Waals surface area contributed by atoms with Gasteiger partial charge in [-0.25, -0.2) is 0 Å². The maximum Gasteiger partial charge on any atom is 0.305 e. The molecule has 2 nitrogen and oxygen atoms in total. The fourth-order valence-corrected chi connectivity index (χ4v) is 2.36. The number of rotatable bonds is 6. The molecular weight excluding hydrogens is 244 g/mol. The quantitative estimate of drug-likeness (QED) is 0.441. The number of ether oxygens (including phenoxy) is 1. The van der Waals surface area contributed by atoms with Crippen LogP contribution in [0.15, 0.2) is 29.2 Å². The molecule has 4 heteroatoms. The Labute approximate surface area is 105 Å². The third-order valence-corrected chi connectivity index (χ3v) is 3.21. The summed E-state index contributed by atoms with van der Waals surface area (Å²) in [5, 5.41) is 0.746. The number of hydrogen-bond acceptors (Lipinski definition) is 3. The minimum absolute atomic E-state index is 0.116. The van der Waals surface area contributed by atoms with Gasteiger partial charge in [-0.05, 0) is 37.3 Å². The number of esters is 1. The summed E-state index contributed by atoms with van der Waals surface area (Å²) in [6.07, 6.45) is 1.32. The molecule has 0 aliphatic heterocycles. The summed E-state index contributed by atoms with van der Waals surface area (Å²) >= 11 is 7.56. The van der Waals surface area contributed by atoms with E-state index in [1.807, 2.05) is 31.2 Å². The summed E-state index contributed by atoms with van der Waals surface area (Å²) in [4.78, 5) is 12.2. The lowest BCUT2D eigenvalue weighted by Gasteiger charge is -2.02. The van der Waals surface area contributed by atoms with Crippen molar-refractivity contribution >= 4 is 29.3 Å². The third kappa shape index (κ3) is 5.42. The van der Waals surface area contributed by atoms with Crippen LogP contribution in [-0.2, 0) is 9.53 Å². The number of carbonyl (C=O) groups is 1. The number of halogens is 1. The number of carbonyl (C=O) groups excluding carboxylic acids is 1. The van der Waals surface area contributed by atoms with Gasteiger partial charge in [0.15, 0.2) is 0 Å². The lowest BCUT2D eigenvalue weighted by atomic mass is 10.3. The highest BCUT2D eigenvalue weighted by molar-refractivity contribution is 7.99. The molecule has 16 heavy (non-hydrogen) atoms. The highest BCUT2D eigenvalue weighted by Crippen LogP contribution is 2.22. The van der Waals surface area contributed by atoms with Crippen molar-refractivity contribution in [2.24, 2.45) is 0 Å². The Morgan fingerprint density at radius 3 is 3.00 bits per heavy atom. The van der Waals surface area contributed by atoms with Gasteiger partial charge in [0.2, 0.25) is 0 Å². The first kappa shape index (κ1) is 13.4. The van der Waals surface area contributed by atoms with Crippen molar-refractivity contribution in [3.05, 3.63) is 29.3 Å². The van der Waals surface area contributed by atoms with E-state index in [9.17, 15) is 4.79 Å². The molecule has 0 amide bonds. The molecule has 0 aliphatic carbocycles. The van der Waals surface area contributed by atoms with Crippen LogP contribution in [0.5, 0.6) is 0 Å². The van der Waals surface area contributed by atoms with Gasteiger partial charge in [0.05, 0.1) is 6.61 Å². The van der Waals surface area contributed by atoms with Crippen LogP contribution in [0.4, 0.5) is 0 Å². The predicted molar refractivity (Wildman–Crippen MR) is 68.0 cm³/mol. The summed E-state index contributed by atoms with van der Waals surface area (Å²) < 4.78 is 4.84. The molecule has 0 spiro atoms. The highest BCUT2D eigenvalue weighted by atomic mass is 35.5. The van der Waals surface area contributed by atoms with Crippen molar-refractivity contribution in [1.29, 1.82) is 0 Å². The first-order valence-corrected chi connectivity index (χ1v) is 6.62. The first-order valence-electron chi connectivity index (χ1n) is 5.26. The zero-order valence-electron chi connectivity index (χ0n) is 9.24. The molecule has 1 aromatic carbocycles. The molecule has 0 radical (unpaired) electrons. The van der Waals surface area contributed by atoms with Crippen LogP contribution in [0.1, 0.15) is 19.8 Å². The van der Waals surface area contributed by atoms with Crippen LogP contribution in [-0.4, -0.2) is 18.3 Å². The van der Waals surface area contributed by atoms with Crippen LogP contribution in [0.25, 0.3) is 0 Å². The zero-order valence-corrected chi connectivity index (χ0v) is 10.8. The minimum Gasteiger partial charge on any atom is -0.466 e. The number of hydrogen-bond donors (Lipinski definition) is 0. The Kier molecular flexibility index (Phi) is 6.34. The molecular formula is C12H15ClO2S. The van der Waals surface area contributed by atoms with Gasteiger partial charge in [-0.15, -0.1) is 11.8 Å². The van der Waals surface area contributed by atoms with Crippen LogP contribution in [0, 0.1) is 0 Å². The van der Waals surface area contributed by atoms with Crippen LogP contribution < -0.4 is 0 Å². The van der Waals surface area contributed by atoms with Crippen molar-refractivity contribution in [3.8, 4) is 0 Å². The van der Waals surface area contributed by atoms with E-state index in [4.69, 9.17) is 16.3 Å². The normalized spacial score (nSPS) is 10.1. The van der Waals surface area contributed by atoms with Crippen molar-refractivity contribution < 1.29 is 9.53 Å². The van der Waals surface area contributed by atoms with E-state index >= 15 is 0 Å². The summed E-state index contributed by atoms with van der Waals surface area (Å²) in [7, 11) is 0. The molecule has 0 saturated heterocycles. The average molecular weight is 259 g/mol. The fraction of sp³-hybridized carbons (Fsp3) is 0.417. The number of benzene rings is 1. The van der Waals surface area contributed by atoms with E-state index in [2.05, 4.69) is 0 Å². The first-order chi connectivity index (χ1) is 7.72. The molecule has 0 aliphatic rings. The summed E-state index contributed by atoms with van der Waals surface area (Å²) in [5.74, 6) is 0.785. The molecule has 0 fully saturated rings. The second-order valence-electron chi connectivity index (χ2n) is 3.21. The van der Waals surface area contributed by atoms with E-state index in [0.29, 0.717) is 13.0 Å². The fourth-order valence-electron chi connectivity index (χ4n) is 1.20. The molecule has 0 bridgehead atoms. The van der Waals surface area contributed by atoms with E-state index in [0.717, 1.165) is 22.1 Å². The van der Waals surface area contributed by atoms with Crippen LogP contribution in [0.2, 0.25) is 5.02 Å². The van der Waals surface area contributed by atoms with Gasteiger partial charge in [-0.1, -0.05) is 17.7 Å². The molecule has 1 aromatic rings. The van der Waals surface area contributed by atoms with Crippen molar-refractivity contribution in [2.45, 2.75) is 24.7 Å². The van der Waals surface area contributed by atoms with E-state index in [1.54, 1.807) is 11.8 Å². The third-order valence-electron chi connectivity index (χ3n) is 1.90. The summed E-state index contributed by atoms with van der Waals surface area (Å²) in [6.45, 7) is 2.28. The van der Waals surface area contributed by atoms with Gasteiger partial charge >= 0.3 is 5.97 Å². The van der Waals surface area contributed by atoms with Crippen molar-refractivity contribution in [3.63, 3.8) is 0 Å². The van der Waals surface area contributed by atoms with Crippen molar-refractivity contribution in [1.82, 2.24) is 0 Å². The second-order valence-corrected chi connectivity index (χ2v) is 4.82. The minimum atomic E-state index is -0.116. The Morgan fingerprint density at radius 2 is 2.31 bits per heavy atom. The topological polar surface area (TPSA) is 26.3 Å². The SMILES string of the molecule is CCOC(=O)CCCSc1cccc(Cl)c1. The van der Waals surface area contributed by atoms with E-state index in [1.165, 1.54) is 0 Å². The molecule has 0 atom stereocenters. The Balaban J connectivity index is 2.18. The lowest BCUT2D eigenvalue weighted by Crippen LogP contribution is -2.03. The maximum atomic E-state index is 11.1. The lowest BCUT2D eigenvalue weighted by molar-refractivity contribution is -0.143. The molecule has 0 unspecified atom stereocenters. The molecule has 0 saturated carbocycles. The Morgan fingerprint density at radius 1 is 1.50 bits per heavy atom. The average Bonchev–Trinajstić information content (AvgIpc) is 2.25. The van der Waals surface area contributed by atoms with Gasteiger partial charge in [0.1, 0.15) is 0 Å².